The largest absolute Gasteiger partial charge is 1.00 e. The highest BCUT2D eigenvalue weighted by Gasteiger charge is 2.71. The van der Waals surface area contributed by atoms with Crippen LogP contribution in [0.2, 0.25) is 0 Å². The van der Waals surface area contributed by atoms with Crippen LogP contribution in [0.1, 0.15) is 40.1 Å². The summed E-state index contributed by atoms with van der Waals surface area (Å²) in [6.07, 6.45) is 4.01. The number of benzene rings is 2. The van der Waals surface area contributed by atoms with Crippen LogP contribution in [0.25, 0.3) is 0 Å². The molecule has 126 valence electrons. The van der Waals surface area contributed by atoms with Crippen LogP contribution in [0.4, 0.5) is 8.78 Å². The number of aromatic nitrogens is 1. The van der Waals surface area contributed by atoms with E-state index in [2.05, 4.69) is 4.57 Å². The van der Waals surface area contributed by atoms with Crippen LogP contribution in [0.15, 0.2) is 79.1 Å². The van der Waals surface area contributed by atoms with Gasteiger partial charge in [0.05, 0.1) is 11.8 Å². The van der Waals surface area contributed by atoms with E-state index in [1.165, 1.54) is 0 Å². The van der Waals surface area contributed by atoms with Crippen molar-refractivity contribution in [2.45, 2.75) is 23.8 Å². The molecule has 0 aliphatic heterocycles. The second kappa shape index (κ2) is 5.73. The van der Waals surface area contributed by atoms with Gasteiger partial charge in [0.2, 0.25) is 6.04 Å². The van der Waals surface area contributed by atoms with Gasteiger partial charge in [-0.2, -0.15) is 4.57 Å². The predicted octanol–water partition coefficient (Wildman–Crippen LogP) is 1.45. The van der Waals surface area contributed by atoms with E-state index in [4.69, 9.17) is 0 Å². The molecule has 0 amide bonds. The Bertz CT molecular complexity index is 870. The first-order chi connectivity index (χ1) is 11.7. The minimum absolute atomic E-state index is 0. The fraction of sp³-hybridized carbons (Fsp3) is 0.190. The number of hydrogen-bond acceptors (Lipinski definition) is 0. The van der Waals surface area contributed by atoms with E-state index in [0.29, 0.717) is 0 Å². The summed E-state index contributed by atoms with van der Waals surface area (Å²) in [4.78, 5) is 0. The Balaban J connectivity index is 0.00000157. The average molecular weight is 400 g/mol. The molecule has 0 bridgehead atoms. The molecule has 1 nitrogen and oxygen atoms in total. The minimum Gasteiger partial charge on any atom is -1.00 e. The molecule has 4 heteroatoms. The smallest absolute Gasteiger partial charge is 0.263 e. The molecule has 0 N–H and O–H groups in total. The number of rotatable bonds is 1. The third-order valence-corrected chi connectivity index (χ3v) is 5.34. The van der Waals surface area contributed by atoms with E-state index < -0.39 is 17.8 Å². The quantitative estimate of drug-likeness (QED) is 0.545. The van der Waals surface area contributed by atoms with E-state index in [-0.39, 0.29) is 23.0 Å². The van der Waals surface area contributed by atoms with Crippen molar-refractivity contribution in [2.24, 2.45) is 0 Å². The highest BCUT2D eigenvalue weighted by Crippen LogP contribution is 2.69. The summed E-state index contributed by atoms with van der Waals surface area (Å²) in [7, 11) is 0. The van der Waals surface area contributed by atoms with E-state index in [1.807, 2.05) is 79.1 Å². The Morgan fingerprint density at radius 2 is 1.08 bits per heavy atom. The number of pyridine rings is 1. The van der Waals surface area contributed by atoms with Crippen molar-refractivity contribution in [3.05, 3.63) is 101 Å². The third-order valence-electron chi connectivity index (χ3n) is 5.34. The van der Waals surface area contributed by atoms with Crippen molar-refractivity contribution < 1.29 is 30.3 Å². The van der Waals surface area contributed by atoms with Crippen LogP contribution in [0, 0.1) is 0 Å². The molecule has 3 aromatic rings. The lowest BCUT2D eigenvalue weighted by Crippen LogP contribution is -3.00. The second-order valence-electron chi connectivity index (χ2n) is 6.61. The molecular formula is C21H16BrF2N. The minimum atomic E-state index is -2.65. The van der Waals surface area contributed by atoms with E-state index in [1.54, 1.807) is 0 Å². The first kappa shape index (κ1) is 16.4. The zero-order valence-electron chi connectivity index (χ0n) is 13.3. The van der Waals surface area contributed by atoms with E-state index in [9.17, 15) is 8.78 Å². The predicted molar refractivity (Wildman–Crippen MR) is 87.2 cm³/mol. The molecule has 1 aromatic heterocycles. The van der Waals surface area contributed by atoms with Crippen molar-refractivity contribution >= 4 is 0 Å². The lowest BCUT2D eigenvalue weighted by molar-refractivity contribution is -0.705. The summed E-state index contributed by atoms with van der Waals surface area (Å²) < 4.78 is 31.2. The van der Waals surface area contributed by atoms with Crippen LogP contribution in [-0.4, -0.2) is 5.92 Å². The maximum atomic E-state index is 14.6. The first-order valence-corrected chi connectivity index (χ1v) is 8.21. The van der Waals surface area contributed by atoms with Gasteiger partial charge < -0.3 is 17.0 Å². The molecular weight excluding hydrogens is 384 g/mol. The number of nitrogens with zero attached hydrogens (tertiary/aromatic N) is 1. The number of fused-ring (bicyclic) bond motifs is 5. The standard InChI is InChI=1S/C21H16F2N.BrH/c22-21(23)18-14-8-2-4-10-16(14)20(24-12-6-1-7-13-24)17-11-5-3-9-15(17)19(18)21;/h1-13,18-20H;1H/q+1;/p-1/t18-,19+,20?;. The molecule has 0 radical (unpaired) electrons. The molecule has 1 heterocycles. The Hall–Kier alpha value is -2.07. The highest BCUT2D eigenvalue weighted by molar-refractivity contribution is 5.55. The number of alkyl halides is 2. The maximum absolute atomic E-state index is 14.6. The van der Waals surface area contributed by atoms with Crippen molar-refractivity contribution in [1.82, 2.24) is 0 Å². The Kier molecular flexibility index (Phi) is 3.76. The molecule has 2 aliphatic rings. The van der Waals surface area contributed by atoms with Gasteiger partial charge in [0.15, 0.2) is 12.4 Å². The summed E-state index contributed by atoms with van der Waals surface area (Å²) in [5.74, 6) is -4.06. The fourth-order valence-corrected chi connectivity index (χ4v) is 4.26. The SMILES string of the molecule is FC1(F)[C@@H]2c3ccccc3C([n+]3ccccc3)c3ccccc3[C@@H]21.[Br-]. The summed E-state index contributed by atoms with van der Waals surface area (Å²) >= 11 is 0. The van der Waals surface area contributed by atoms with Gasteiger partial charge in [0.1, 0.15) is 0 Å². The number of hydrogen-bond donors (Lipinski definition) is 0. The van der Waals surface area contributed by atoms with Crippen molar-refractivity contribution in [3.8, 4) is 0 Å². The average Bonchev–Trinajstić information content (AvgIpc) is 3.22. The van der Waals surface area contributed by atoms with Gasteiger partial charge in [-0.1, -0.05) is 54.6 Å². The van der Waals surface area contributed by atoms with Gasteiger partial charge >= 0.3 is 0 Å². The van der Waals surface area contributed by atoms with Gasteiger partial charge in [-0.3, -0.25) is 0 Å². The van der Waals surface area contributed by atoms with Crippen molar-refractivity contribution in [1.29, 1.82) is 0 Å². The van der Waals surface area contributed by atoms with Crippen LogP contribution < -0.4 is 21.5 Å². The van der Waals surface area contributed by atoms with Gasteiger partial charge in [0.25, 0.3) is 5.92 Å². The molecule has 2 aliphatic carbocycles. The number of halogens is 3. The summed E-state index contributed by atoms with van der Waals surface area (Å²) in [5.41, 5.74) is 3.52. The molecule has 0 spiro atoms. The van der Waals surface area contributed by atoms with Gasteiger partial charge in [0, 0.05) is 23.3 Å². The Labute approximate surface area is 155 Å². The molecule has 25 heavy (non-hydrogen) atoms. The monoisotopic (exact) mass is 399 g/mol. The summed E-state index contributed by atoms with van der Waals surface area (Å²) in [6.45, 7) is 0. The van der Waals surface area contributed by atoms with E-state index in [0.717, 1.165) is 22.3 Å². The van der Waals surface area contributed by atoms with Crippen LogP contribution in [0.3, 0.4) is 0 Å². The zero-order valence-corrected chi connectivity index (χ0v) is 14.9. The lowest BCUT2D eigenvalue weighted by atomic mass is 9.91. The molecule has 0 saturated heterocycles. The highest BCUT2D eigenvalue weighted by atomic mass is 79.9. The molecule has 1 unspecified atom stereocenters. The van der Waals surface area contributed by atoms with Gasteiger partial charge in [-0.25, -0.2) is 8.78 Å². The van der Waals surface area contributed by atoms with Gasteiger partial charge in [-0.15, -0.1) is 0 Å². The topological polar surface area (TPSA) is 3.88 Å². The molecule has 5 rings (SSSR count). The molecule has 1 fully saturated rings. The normalized spacial score (nSPS) is 24.8. The molecule has 3 atom stereocenters. The Morgan fingerprint density at radius 1 is 0.640 bits per heavy atom. The van der Waals surface area contributed by atoms with Crippen molar-refractivity contribution in [2.75, 3.05) is 0 Å². The zero-order chi connectivity index (χ0) is 16.3. The van der Waals surface area contributed by atoms with Crippen LogP contribution in [0.5, 0.6) is 0 Å². The van der Waals surface area contributed by atoms with Crippen LogP contribution in [-0.2, 0) is 0 Å². The lowest BCUT2D eigenvalue weighted by Gasteiger charge is -2.18. The second-order valence-corrected chi connectivity index (χ2v) is 6.61. The summed E-state index contributed by atoms with van der Waals surface area (Å²) in [5, 5.41) is 0. The van der Waals surface area contributed by atoms with Crippen molar-refractivity contribution in [3.63, 3.8) is 0 Å². The van der Waals surface area contributed by atoms with Gasteiger partial charge in [-0.05, 0) is 11.1 Å². The molecule has 2 aromatic carbocycles. The molecule has 1 saturated carbocycles. The van der Waals surface area contributed by atoms with E-state index >= 15 is 0 Å². The first-order valence-electron chi connectivity index (χ1n) is 8.21. The fourth-order valence-electron chi connectivity index (χ4n) is 4.26. The Morgan fingerprint density at radius 3 is 1.56 bits per heavy atom. The summed E-state index contributed by atoms with van der Waals surface area (Å²) in [6, 6.07) is 21.2. The third kappa shape index (κ3) is 2.27. The maximum Gasteiger partial charge on any atom is 0.263 e. The van der Waals surface area contributed by atoms with Crippen LogP contribution >= 0.6 is 0 Å².